The Kier molecular flexibility index (Phi) is 5.25. The minimum absolute atomic E-state index is 0.0611. The minimum atomic E-state index is -0.254. The molecule has 2 rings (SSSR count). The van der Waals surface area contributed by atoms with Gasteiger partial charge in [0.1, 0.15) is 0 Å². The lowest BCUT2D eigenvalue weighted by atomic mass is 10.2. The molecule has 0 saturated carbocycles. The fraction of sp³-hybridized carbons (Fsp3) is 0.615. The maximum Gasteiger partial charge on any atom is 0.271 e. The van der Waals surface area contributed by atoms with Gasteiger partial charge in [-0.15, -0.1) is 10.2 Å². The van der Waals surface area contributed by atoms with Crippen LogP contribution in [0.4, 0.5) is 5.82 Å². The molecular weight excluding hydrogens is 258 g/mol. The molecule has 0 aliphatic carbocycles. The van der Waals surface area contributed by atoms with Gasteiger partial charge in [0.15, 0.2) is 11.5 Å². The van der Waals surface area contributed by atoms with Gasteiger partial charge in [-0.1, -0.05) is 0 Å². The number of carbonyl (C=O) groups is 1. The normalized spacial score (nSPS) is 18.0. The fourth-order valence-electron chi connectivity index (χ4n) is 2.34. The van der Waals surface area contributed by atoms with Crippen LogP contribution in [0.15, 0.2) is 12.1 Å². The standard InChI is InChI=1S/C13H21N5O2/c1-14-13(20)11-4-5-12(17-16-11)18(7-8-19)9-10-3-2-6-15-10/h4-5,10,15,19H,2-3,6-9H2,1H3,(H,14,20). The molecule has 1 atom stereocenters. The number of aromatic nitrogens is 2. The Bertz CT molecular complexity index is 431. The van der Waals surface area contributed by atoms with Crippen molar-refractivity contribution in [1.82, 2.24) is 20.8 Å². The Morgan fingerprint density at radius 3 is 2.95 bits per heavy atom. The molecule has 0 radical (unpaired) electrons. The van der Waals surface area contributed by atoms with Gasteiger partial charge in [-0.05, 0) is 31.5 Å². The second-order valence-corrected chi connectivity index (χ2v) is 4.82. The van der Waals surface area contributed by atoms with Crippen LogP contribution >= 0.6 is 0 Å². The first kappa shape index (κ1) is 14.7. The van der Waals surface area contributed by atoms with Gasteiger partial charge in [0.25, 0.3) is 5.91 Å². The zero-order valence-electron chi connectivity index (χ0n) is 11.7. The van der Waals surface area contributed by atoms with Crippen molar-refractivity contribution in [3.8, 4) is 0 Å². The number of aliphatic hydroxyl groups is 1. The molecule has 1 aliphatic rings. The topological polar surface area (TPSA) is 90.4 Å². The molecule has 1 aliphatic heterocycles. The summed E-state index contributed by atoms with van der Waals surface area (Å²) in [4.78, 5) is 13.4. The highest BCUT2D eigenvalue weighted by atomic mass is 16.3. The quantitative estimate of drug-likeness (QED) is 0.643. The summed E-state index contributed by atoms with van der Waals surface area (Å²) in [6, 6.07) is 3.83. The van der Waals surface area contributed by atoms with E-state index in [1.54, 1.807) is 19.2 Å². The smallest absolute Gasteiger partial charge is 0.271 e. The molecule has 2 heterocycles. The van der Waals surface area contributed by atoms with E-state index in [1.165, 1.54) is 6.42 Å². The number of anilines is 1. The van der Waals surface area contributed by atoms with E-state index in [-0.39, 0.29) is 12.5 Å². The Morgan fingerprint density at radius 1 is 1.55 bits per heavy atom. The Labute approximate surface area is 118 Å². The summed E-state index contributed by atoms with van der Waals surface area (Å²) >= 11 is 0. The lowest BCUT2D eigenvalue weighted by molar-refractivity contribution is 0.0957. The highest BCUT2D eigenvalue weighted by Gasteiger charge is 2.19. The number of hydrogen-bond donors (Lipinski definition) is 3. The van der Waals surface area contributed by atoms with E-state index in [0.717, 1.165) is 19.5 Å². The van der Waals surface area contributed by atoms with Gasteiger partial charge in [0.05, 0.1) is 6.61 Å². The van der Waals surface area contributed by atoms with Gasteiger partial charge >= 0.3 is 0 Å². The molecule has 20 heavy (non-hydrogen) atoms. The molecule has 1 aromatic heterocycles. The van der Waals surface area contributed by atoms with Crippen LogP contribution in [0, 0.1) is 0 Å². The summed E-state index contributed by atoms with van der Waals surface area (Å²) in [6.45, 7) is 2.39. The number of carbonyl (C=O) groups excluding carboxylic acids is 1. The van der Waals surface area contributed by atoms with Gasteiger partial charge in [-0.25, -0.2) is 0 Å². The van der Waals surface area contributed by atoms with E-state index in [4.69, 9.17) is 0 Å². The molecule has 110 valence electrons. The number of rotatable bonds is 6. The first-order valence-corrected chi connectivity index (χ1v) is 6.89. The third kappa shape index (κ3) is 3.64. The second kappa shape index (κ2) is 7.16. The van der Waals surface area contributed by atoms with Gasteiger partial charge in [0, 0.05) is 26.2 Å². The monoisotopic (exact) mass is 279 g/mol. The third-order valence-electron chi connectivity index (χ3n) is 3.41. The van der Waals surface area contributed by atoms with Crippen molar-refractivity contribution >= 4 is 11.7 Å². The van der Waals surface area contributed by atoms with Crippen LogP contribution in [0.3, 0.4) is 0 Å². The highest BCUT2D eigenvalue weighted by Crippen LogP contribution is 2.13. The van der Waals surface area contributed by atoms with Gasteiger partial charge in [0.2, 0.25) is 0 Å². The molecule has 0 aromatic carbocycles. The summed E-state index contributed by atoms with van der Waals surface area (Å²) in [5.74, 6) is 0.427. The number of nitrogens with zero attached hydrogens (tertiary/aromatic N) is 3. The Morgan fingerprint density at radius 2 is 2.40 bits per heavy atom. The molecule has 1 aromatic rings. The van der Waals surface area contributed by atoms with Crippen LogP contribution in [-0.2, 0) is 0 Å². The minimum Gasteiger partial charge on any atom is -0.395 e. The summed E-state index contributed by atoms with van der Waals surface area (Å²) < 4.78 is 0. The van der Waals surface area contributed by atoms with Crippen molar-refractivity contribution in [2.75, 3.05) is 38.2 Å². The van der Waals surface area contributed by atoms with Crippen LogP contribution < -0.4 is 15.5 Å². The molecular formula is C13H21N5O2. The van der Waals surface area contributed by atoms with Crippen molar-refractivity contribution < 1.29 is 9.90 Å². The molecule has 1 unspecified atom stereocenters. The maximum absolute atomic E-state index is 11.4. The molecule has 1 amide bonds. The van der Waals surface area contributed by atoms with Crippen LogP contribution in [0.25, 0.3) is 0 Å². The SMILES string of the molecule is CNC(=O)c1ccc(N(CCO)CC2CCCN2)nn1. The fourth-order valence-corrected chi connectivity index (χ4v) is 2.34. The third-order valence-corrected chi connectivity index (χ3v) is 3.41. The number of nitrogens with one attached hydrogen (secondary N) is 2. The zero-order valence-corrected chi connectivity index (χ0v) is 11.7. The summed E-state index contributed by atoms with van der Waals surface area (Å²) in [7, 11) is 1.56. The first-order chi connectivity index (χ1) is 9.74. The van der Waals surface area contributed by atoms with E-state index in [1.807, 2.05) is 4.90 Å². The van der Waals surface area contributed by atoms with Crippen molar-refractivity contribution in [1.29, 1.82) is 0 Å². The van der Waals surface area contributed by atoms with Crippen LogP contribution in [0.1, 0.15) is 23.3 Å². The molecule has 3 N–H and O–H groups in total. The molecule has 0 spiro atoms. The van der Waals surface area contributed by atoms with Crippen LogP contribution in [0.5, 0.6) is 0 Å². The van der Waals surface area contributed by atoms with Crippen LogP contribution in [-0.4, -0.2) is 60.5 Å². The maximum atomic E-state index is 11.4. The van der Waals surface area contributed by atoms with Crippen molar-refractivity contribution in [2.24, 2.45) is 0 Å². The van der Waals surface area contributed by atoms with E-state index in [0.29, 0.717) is 24.1 Å². The lowest BCUT2D eigenvalue weighted by Crippen LogP contribution is -2.39. The van der Waals surface area contributed by atoms with E-state index in [2.05, 4.69) is 20.8 Å². The van der Waals surface area contributed by atoms with Gasteiger partial charge in [-0.2, -0.15) is 0 Å². The average molecular weight is 279 g/mol. The molecule has 7 heteroatoms. The predicted octanol–water partition coefficient (Wildman–Crippen LogP) is -0.613. The predicted molar refractivity (Wildman–Crippen MR) is 75.7 cm³/mol. The largest absolute Gasteiger partial charge is 0.395 e. The second-order valence-electron chi connectivity index (χ2n) is 4.82. The molecule has 0 bridgehead atoms. The van der Waals surface area contributed by atoms with Crippen molar-refractivity contribution in [3.63, 3.8) is 0 Å². The molecule has 1 fully saturated rings. The van der Waals surface area contributed by atoms with E-state index >= 15 is 0 Å². The summed E-state index contributed by atoms with van der Waals surface area (Å²) in [5.41, 5.74) is 0.291. The van der Waals surface area contributed by atoms with Crippen molar-refractivity contribution in [2.45, 2.75) is 18.9 Å². The van der Waals surface area contributed by atoms with E-state index < -0.39 is 0 Å². The number of aliphatic hydroxyl groups excluding tert-OH is 1. The van der Waals surface area contributed by atoms with Crippen LogP contribution in [0.2, 0.25) is 0 Å². The zero-order chi connectivity index (χ0) is 14.4. The van der Waals surface area contributed by atoms with Crippen molar-refractivity contribution in [3.05, 3.63) is 17.8 Å². The molecule has 1 saturated heterocycles. The van der Waals surface area contributed by atoms with Gasteiger partial charge in [-0.3, -0.25) is 4.79 Å². The molecule has 7 nitrogen and oxygen atoms in total. The number of amides is 1. The van der Waals surface area contributed by atoms with Gasteiger partial charge < -0.3 is 20.6 Å². The summed E-state index contributed by atoms with van der Waals surface area (Å²) in [5, 5.41) is 23.1. The first-order valence-electron chi connectivity index (χ1n) is 6.89. The summed E-state index contributed by atoms with van der Waals surface area (Å²) in [6.07, 6.45) is 2.31. The van der Waals surface area contributed by atoms with E-state index in [9.17, 15) is 9.90 Å². The Hall–Kier alpha value is -1.73. The average Bonchev–Trinajstić information content (AvgIpc) is 2.99. The number of hydrogen-bond acceptors (Lipinski definition) is 6. The Balaban J connectivity index is 2.05. The highest BCUT2D eigenvalue weighted by molar-refractivity contribution is 5.91. The lowest BCUT2D eigenvalue weighted by Gasteiger charge is -2.25.